The molecule has 0 saturated heterocycles. The monoisotopic (exact) mass is 556 g/mol. The van der Waals surface area contributed by atoms with Gasteiger partial charge in [-0.2, -0.15) is 0 Å². The van der Waals surface area contributed by atoms with E-state index >= 15 is 0 Å². The number of carboxylic acid groups (broad SMARTS) is 1. The summed E-state index contributed by atoms with van der Waals surface area (Å²) in [5.74, 6) is -0.642. The molecular weight excluding hydrogens is 504 g/mol. The maximum absolute atomic E-state index is 13.0. The van der Waals surface area contributed by atoms with Crippen LogP contribution in [0.3, 0.4) is 0 Å². The number of carbonyl (C=O) groups is 2. The van der Waals surface area contributed by atoms with Crippen LogP contribution in [0.4, 0.5) is 0 Å². The Balaban J connectivity index is 1.66. The molecule has 0 bridgehead atoms. The number of carboxylic acids is 1. The second-order valence-corrected chi connectivity index (χ2v) is 16.0. The number of aliphatic carboxylic acids is 1. The first-order valence-corrected chi connectivity index (χ1v) is 15.6. The third kappa shape index (κ3) is 3.73. The summed E-state index contributed by atoms with van der Waals surface area (Å²) in [6.07, 6.45) is 10.3. The van der Waals surface area contributed by atoms with E-state index in [4.69, 9.17) is 4.74 Å². The summed E-state index contributed by atoms with van der Waals surface area (Å²) in [4.78, 5) is 25.6. The Bertz CT molecular complexity index is 1150. The topological polar surface area (TPSA) is 104 Å². The van der Waals surface area contributed by atoms with Gasteiger partial charge in [-0.05, 0) is 91.9 Å². The lowest BCUT2D eigenvalue weighted by atomic mass is 9.33. The lowest BCUT2D eigenvalue weighted by molar-refractivity contribution is -0.204. The minimum atomic E-state index is -1.11. The van der Waals surface area contributed by atoms with E-state index in [2.05, 4.69) is 46.8 Å². The Morgan fingerprint density at radius 1 is 1.02 bits per heavy atom. The lowest BCUT2D eigenvalue weighted by Gasteiger charge is -2.71. The molecule has 0 unspecified atom stereocenters. The van der Waals surface area contributed by atoms with Gasteiger partial charge in [0.25, 0.3) is 0 Å². The van der Waals surface area contributed by atoms with Crippen molar-refractivity contribution >= 4 is 11.9 Å². The third-order valence-corrected chi connectivity index (χ3v) is 13.4. The zero-order chi connectivity index (χ0) is 29.7. The molecule has 5 aliphatic carbocycles. The van der Waals surface area contributed by atoms with Crippen molar-refractivity contribution < 1.29 is 29.6 Å². The molecule has 5 rings (SSSR count). The van der Waals surface area contributed by atoms with E-state index < -0.39 is 28.3 Å². The van der Waals surface area contributed by atoms with Crippen molar-refractivity contribution in [2.75, 3.05) is 6.61 Å². The number of allylic oxidation sites excluding steroid dienone is 2. The summed E-state index contributed by atoms with van der Waals surface area (Å²) >= 11 is 0. The van der Waals surface area contributed by atoms with Crippen LogP contribution in [0.2, 0.25) is 0 Å². The molecule has 0 radical (unpaired) electrons. The van der Waals surface area contributed by atoms with E-state index in [1.165, 1.54) is 0 Å². The summed E-state index contributed by atoms with van der Waals surface area (Å²) in [6, 6.07) is 0. The van der Waals surface area contributed by atoms with Crippen molar-refractivity contribution in [3.63, 3.8) is 0 Å². The van der Waals surface area contributed by atoms with E-state index in [0.29, 0.717) is 37.9 Å². The van der Waals surface area contributed by atoms with Gasteiger partial charge in [0.2, 0.25) is 0 Å². The van der Waals surface area contributed by atoms with Crippen molar-refractivity contribution in [2.45, 2.75) is 112 Å². The Morgan fingerprint density at radius 2 is 1.70 bits per heavy atom. The molecule has 0 amide bonds. The average Bonchev–Trinajstić information content (AvgIpc) is 2.85. The van der Waals surface area contributed by atoms with Crippen molar-refractivity contribution in [1.82, 2.24) is 0 Å². The van der Waals surface area contributed by atoms with Gasteiger partial charge in [-0.15, -0.1) is 0 Å². The highest BCUT2D eigenvalue weighted by Crippen LogP contribution is 2.75. The molecule has 0 aromatic rings. The fourth-order valence-corrected chi connectivity index (χ4v) is 10.8. The largest absolute Gasteiger partial charge is 0.481 e. The van der Waals surface area contributed by atoms with Gasteiger partial charge in [0.05, 0.1) is 23.5 Å². The molecule has 3 fully saturated rings. The van der Waals surface area contributed by atoms with Gasteiger partial charge < -0.3 is 20.1 Å². The number of aliphatic hydroxyl groups is 2. The standard InChI is InChI=1S/C34H52O6/c1-20(2)27(36)40-22-17-29(4,5)24-12-13-31(7)25(34(24,18-22)19-35)10-9-23-26-32(8,39)21(3)11-14-33(26,28(37)38)16-15-30(23,31)6/h9,18,20-21,24-26,35,39H,10-17,19H2,1-8H3,(H,37,38)/t21-,24+,25+,26-,30-,31-,32-,33+,34-/m1/s1. The van der Waals surface area contributed by atoms with Crippen LogP contribution in [0, 0.1) is 56.7 Å². The highest BCUT2D eigenvalue weighted by molar-refractivity contribution is 5.77. The number of esters is 1. The molecule has 5 aliphatic rings. The van der Waals surface area contributed by atoms with Gasteiger partial charge >= 0.3 is 11.9 Å². The smallest absolute Gasteiger partial charge is 0.313 e. The molecule has 9 atom stereocenters. The summed E-state index contributed by atoms with van der Waals surface area (Å²) in [5.41, 5.74) is -2.13. The van der Waals surface area contributed by atoms with Crippen LogP contribution in [0.5, 0.6) is 0 Å². The van der Waals surface area contributed by atoms with Gasteiger partial charge in [0.15, 0.2) is 0 Å². The molecule has 0 heterocycles. The zero-order valence-corrected chi connectivity index (χ0v) is 26.0. The molecular formula is C34H52O6. The number of carbonyl (C=O) groups excluding carboxylic acids is 1. The second kappa shape index (κ2) is 9.17. The van der Waals surface area contributed by atoms with Gasteiger partial charge in [-0.1, -0.05) is 60.1 Å². The molecule has 0 spiro atoms. The fourth-order valence-electron chi connectivity index (χ4n) is 10.8. The van der Waals surface area contributed by atoms with Crippen molar-refractivity contribution in [3.8, 4) is 0 Å². The summed E-state index contributed by atoms with van der Waals surface area (Å²) in [6.45, 7) is 16.8. The molecule has 6 heteroatoms. The van der Waals surface area contributed by atoms with Crippen LogP contribution in [0.1, 0.15) is 107 Å². The number of hydrogen-bond acceptors (Lipinski definition) is 5. The van der Waals surface area contributed by atoms with Gasteiger partial charge in [-0.3, -0.25) is 9.59 Å². The van der Waals surface area contributed by atoms with E-state index in [1.54, 1.807) is 0 Å². The first kappa shape index (κ1) is 29.8. The van der Waals surface area contributed by atoms with E-state index in [1.807, 2.05) is 20.8 Å². The van der Waals surface area contributed by atoms with Crippen LogP contribution < -0.4 is 0 Å². The minimum Gasteiger partial charge on any atom is -0.481 e. The Morgan fingerprint density at radius 3 is 2.30 bits per heavy atom. The molecule has 224 valence electrons. The molecule has 40 heavy (non-hydrogen) atoms. The minimum absolute atomic E-state index is 0.0125. The van der Waals surface area contributed by atoms with Crippen LogP contribution in [-0.4, -0.2) is 39.5 Å². The second-order valence-electron chi connectivity index (χ2n) is 16.0. The van der Waals surface area contributed by atoms with E-state index in [0.717, 1.165) is 24.8 Å². The van der Waals surface area contributed by atoms with Crippen molar-refractivity contribution in [1.29, 1.82) is 0 Å². The Labute approximate surface area is 240 Å². The first-order chi connectivity index (χ1) is 18.4. The SMILES string of the molecule is CC(C)C(=O)OC1=C[C@]2(CO)[C@H]3CC=C4[C@H]5[C@](C(=O)O)(CC[C@@H](C)[C@@]5(C)O)CC[C@@]4(C)[C@]3(C)CC[C@H]2C(C)(C)C1. The van der Waals surface area contributed by atoms with E-state index in [9.17, 15) is 24.9 Å². The Kier molecular flexibility index (Phi) is 6.83. The van der Waals surface area contributed by atoms with E-state index in [-0.39, 0.29) is 52.5 Å². The molecule has 0 aromatic carbocycles. The Hall–Kier alpha value is -1.66. The summed E-state index contributed by atoms with van der Waals surface area (Å²) in [7, 11) is 0. The van der Waals surface area contributed by atoms with Crippen LogP contribution >= 0.6 is 0 Å². The molecule has 0 aromatic heterocycles. The highest BCUT2D eigenvalue weighted by atomic mass is 16.5. The number of ether oxygens (including phenoxy) is 1. The predicted molar refractivity (Wildman–Crippen MR) is 154 cm³/mol. The maximum Gasteiger partial charge on any atom is 0.313 e. The molecule has 3 N–H and O–H groups in total. The lowest BCUT2D eigenvalue weighted by Crippen LogP contribution is -2.67. The number of rotatable bonds is 4. The molecule has 3 saturated carbocycles. The van der Waals surface area contributed by atoms with Gasteiger partial charge in [0, 0.05) is 17.8 Å². The van der Waals surface area contributed by atoms with Crippen LogP contribution in [0.15, 0.2) is 23.5 Å². The highest BCUT2D eigenvalue weighted by Gasteiger charge is 2.71. The molecule has 0 aliphatic heterocycles. The van der Waals surface area contributed by atoms with Crippen LogP contribution in [0.25, 0.3) is 0 Å². The number of aliphatic hydroxyl groups excluding tert-OH is 1. The maximum atomic E-state index is 13.0. The normalized spacial score (nSPS) is 47.6. The third-order valence-electron chi connectivity index (χ3n) is 13.4. The summed E-state index contributed by atoms with van der Waals surface area (Å²) < 4.78 is 5.96. The summed E-state index contributed by atoms with van der Waals surface area (Å²) in [5, 5.41) is 33.9. The van der Waals surface area contributed by atoms with Gasteiger partial charge in [-0.25, -0.2) is 0 Å². The number of fused-ring (bicyclic) bond motifs is 7. The quantitative estimate of drug-likeness (QED) is 0.269. The van der Waals surface area contributed by atoms with Crippen molar-refractivity contribution in [2.24, 2.45) is 56.7 Å². The van der Waals surface area contributed by atoms with Crippen LogP contribution in [-0.2, 0) is 14.3 Å². The predicted octanol–water partition coefficient (Wildman–Crippen LogP) is 6.51. The number of hydrogen-bond donors (Lipinski definition) is 3. The average molecular weight is 557 g/mol. The van der Waals surface area contributed by atoms with Gasteiger partial charge in [0.1, 0.15) is 5.76 Å². The van der Waals surface area contributed by atoms with Crippen molar-refractivity contribution in [3.05, 3.63) is 23.5 Å². The fraction of sp³-hybridized carbons (Fsp3) is 0.824. The zero-order valence-electron chi connectivity index (χ0n) is 26.0. The molecule has 6 nitrogen and oxygen atoms in total. The first-order valence-electron chi connectivity index (χ1n) is 15.6.